The maximum Gasteiger partial charge on any atom is 0.209 e. The van der Waals surface area contributed by atoms with Gasteiger partial charge in [-0.05, 0) is 32.4 Å². The predicted octanol–water partition coefficient (Wildman–Crippen LogP) is 1.03. The van der Waals surface area contributed by atoms with E-state index in [4.69, 9.17) is 0 Å². The fraction of sp³-hybridized carbons (Fsp3) is 0.643. The van der Waals surface area contributed by atoms with E-state index in [2.05, 4.69) is 20.3 Å². The van der Waals surface area contributed by atoms with E-state index in [1.807, 2.05) is 50.8 Å². The lowest BCUT2D eigenvalue weighted by Crippen LogP contribution is -2.53. The van der Waals surface area contributed by atoms with E-state index >= 15 is 0 Å². The van der Waals surface area contributed by atoms with Gasteiger partial charge in [-0.15, -0.1) is 24.0 Å². The Morgan fingerprint density at radius 1 is 1.35 bits per heavy atom. The molecule has 1 rings (SSSR count). The first-order chi connectivity index (χ1) is 10.1. The van der Waals surface area contributed by atoms with Crippen molar-refractivity contribution >= 4 is 40.0 Å². The van der Waals surface area contributed by atoms with Gasteiger partial charge in [-0.1, -0.05) is 0 Å². The number of rotatable bonds is 7. The maximum absolute atomic E-state index is 11.3. The second kappa shape index (κ2) is 9.48. The summed E-state index contributed by atoms with van der Waals surface area (Å²) >= 11 is 0. The van der Waals surface area contributed by atoms with Gasteiger partial charge in [0.1, 0.15) is 0 Å². The van der Waals surface area contributed by atoms with Crippen molar-refractivity contribution in [2.75, 3.05) is 19.3 Å². The minimum atomic E-state index is -3.25. The third kappa shape index (κ3) is 9.82. The second-order valence-electron chi connectivity index (χ2n) is 5.99. The molecule has 0 aromatic carbocycles. The first-order valence-electron chi connectivity index (χ1n) is 7.23. The molecule has 0 aliphatic carbocycles. The van der Waals surface area contributed by atoms with Crippen LogP contribution in [-0.4, -0.2) is 43.8 Å². The van der Waals surface area contributed by atoms with Crippen molar-refractivity contribution in [3.8, 4) is 0 Å². The number of aromatic nitrogens is 1. The minimum absolute atomic E-state index is 0. The molecule has 23 heavy (non-hydrogen) atoms. The van der Waals surface area contributed by atoms with Gasteiger partial charge in [0.2, 0.25) is 10.0 Å². The molecule has 7 nitrogen and oxygen atoms in total. The molecule has 9 heteroatoms. The summed E-state index contributed by atoms with van der Waals surface area (Å²) in [6, 6.07) is 2.02. The van der Waals surface area contributed by atoms with Crippen LogP contribution in [0, 0.1) is 0 Å². The third-order valence-electron chi connectivity index (χ3n) is 2.82. The number of hydrogen-bond acceptors (Lipinski definition) is 3. The highest BCUT2D eigenvalue weighted by molar-refractivity contribution is 14.0. The van der Waals surface area contributed by atoms with Crippen LogP contribution < -0.4 is 15.4 Å². The Morgan fingerprint density at radius 3 is 2.48 bits per heavy atom. The summed E-state index contributed by atoms with van der Waals surface area (Å²) in [6.07, 6.45) is 5.15. The van der Waals surface area contributed by atoms with Crippen LogP contribution in [0.1, 0.15) is 26.3 Å². The first kappa shape index (κ1) is 22.2. The Morgan fingerprint density at radius 2 is 2.00 bits per heavy atom. The summed E-state index contributed by atoms with van der Waals surface area (Å²) in [7, 11) is -1.28. The Bertz CT molecular complexity index is 610. The number of nitrogens with zero attached hydrogens (tertiary/aromatic N) is 2. The molecule has 0 aliphatic rings. The second-order valence-corrected chi connectivity index (χ2v) is 7.74. The topological polar surface area (TPSA) is 87.5 Å². The standard InChI is InChI=1S/C14H27N5O2S.HI/c1-6-15-13(16-9-12-7-8-19(4)10-12)17-11-14(2,3)18-22(5,20)21;/h7-8,10,18H,6,9,11H2,1-5H3,(H2,15,16,17);1H. The molecule has 0 unspecified atom stereocenters. The van der Waals surface area contributed by atoms with Crippen molar-refractivity contribution in [3.63, 3.8) is 0 Å². The molecule has 0 spiro atoms. The Hall–Kier alpha value is -0.810. The molecule has 0 amide bonds. The van der Waals surface area contributed by atoms with E-state index < -0.39 is 15.6 Å². The van der Waals surface area contributed by atoms with E-state index in [1.54, 1.807) is 0 Å². The number of aryl methyl sites for hydroxylation is 1. The van der Waals surface area contributed by atoms with Crippen molar-refractivity contribution in [3.05, 3.63) is 24.0 Å². The monoisotopic (exact) mass is 457 g/mol. The van der Waals surface area contributed by atoms with Crippen molar-refractivity contribution in [1.29, 1.82) is 0 Å². The summed E-state index contributed by atoms with van der Waals surface area (Å²) in [5.41, 5.74) is 0.518. The summed E-state index contributed by atoms with van der Waals surface area (Å²) in [5, 5.41) is 6.32. The Balaban J connectivity index is 0.00000484. The fourth-order valence-electron chi connectivity index (χ4n) is 2.01. The molecule has 134 valence electrons. The van der Waals surface area contributed by atoms with Gasteiger partial charge in [0.25, 0.3) is 0 Å². The van der Waals surface area contributed by atoms with Crippen LogP contribution in [0.15, 0.2) is 23.5 Å². The van der Waals surface area contributed by atoms with E-state index in [1.165, 1.54) is 0 Å². The van der Waals surface area contributed by atoms with Crippen LogP contribution >= 0.6 is 24.0 Å². The van der Waals surface area contributed by atoms with Gasteiger partial charge in [0.15, 0.2) is 5.96 Å². The maximum atomic E-state index is 11.3. The number of aliphatic imine (C=N–C) groups is 1. The molecule has 3 N–H and O–H groups in total. The van der Waals surface area contributed by atoms with Gasteiger partial charge < -0.3 is 15.2 Å². The normalized spacial score (nSPS) is 12.7. The number of halogens is 1. The molecule has 0 bridgehead atoms. The lowest BCUT2D eigenvalue weighted by atomic mass is 10.1. The van der Waals surface area contributed by atoms with Crippen molar-refractivity contribution < 1.29 is 8.42 Å². The molecular formula is C14H28IN5O2S. The van der Waals surface area contributed by atoms with Gasteiger partial charge in [0.05, 0.1) is 12.8 Å². The highest BCUT2D eigenvalue weighted by Gasteiger charge is 2.22. The van der Waals surface area contributed by atoms with E-state index in [0.717, 1.165) is 18.4 Å². The Kier molecular flexibility index (Phi) is 9.14. The zero-order chi connectivity index (χ0) is 16.8. The van der Waals surface area contributed by atoms with Crippen LogP contribution in [0.3, 0.4) is 0 Å². The lowest BCUT2D eigenvalue weighted by Gasteiger charge is -2.26. The van der Waals surface area contributed by atoms with Gasteiger partial charge >= 0.3 is 0 Å². The van der Waals surface area contributed by atoms with Crippen LogP contribution in [0.5, 0.6) is 0 Å². The third-order valence-corrected chi connectivity index (χ3v) is 3.74. The summed E-state index contributed by atoms with van der Waals surface area (Å²) in [4.78, 5) is 4.50. The largest absolute Gasteiger partial charge is 0.357 e. The van der Waals surface area contributed by atoms with Gasteiger partial charge in [-0.3, -0.25) is 0 Å². The van der Waals surface area contributed by atoms with Crippen molar-refractivity contribution in [2.45, 2.75) is 32.9 Å². The van der Waals surface area contributed by atoms with Gasteiger partial charge in [0, 0.05) is 38.1 Å². The number of guanidine groups is 1. The summed E-state index contributed by atoms with van der Waals surface area (Å²) < 4.78 is 27.3. The minimum Gasteiger partial charge on any atom is -0.357 e. The van der Waals surface area contributed by atoms with Gasteiger partial charge in [-0.2, -0.15) is 0 Å². The highest BCUT2D eigenvalue weighted by Crippen LogP contribution is 2.03. The summed E-state index contributed by atoms with van der Waals surface area (Å²) in [5.74, 6) is 0.662. The lowest BCUT2D eigenvalue weighted by molar-refractivity contribution is 0.446. The number of sulfonamides is 1. The molecule has 0 aliphatic heterocycles. The molecule has 0 atom stereocenters. The molecule has 0 saturated carbocycles. The number of nitrogens with one attached hydrogen (secondary N) is 3. The molecule has 0 radical (unpaired) electrons. The predicted molar refractivity (Wildman–Crippen MR) is 106 cm³/mol. The number of hydrogen-bond donors (Lipinski definition) is 3. The zero-order valence-electron chi connectivity index (χ0n) is 14.4. The average Bonchev–Trinajstić information content (AvgIpc) is 2.76. The average molecular weight is 457 g/mol. The van der Waals surface area contributed by atoms with Crippen LogP contribution in [0.4, 0.5) is 0 Å². The fourth-order valence-corrected chi connectivity index (χ4v) is 3.09. The molecule has 1 heterocycles. The van der Waals surface area contributed by atoms with E-state index in [9.17, 15) is 8.42 Å². The molecule has 1 aromatic heterocycles. The van der Waals surface area contributed by atoms with E-state index in [-0.39, 0.29) is 24.0 Å². The molecule has 0 fully saturated rings. The zero-order valence-corrected chi connectivity index (χ0v) is 17.5. The molecular weight excluding hydrogens is 429 g/mol. The van der Waals surface area contributed by atoms with Crippen molar-refractivity contribution in [2.24, 2.45) is 12.0 Å². The van der Waals surface area contributed by atoms with Crippen LogP contribution in [0.2, 0.25) is 0 Å². The first-order valence-corrected chi connectivity index (χ1v) is 9.12. The van der Waals surface area contributed by atoms with Crippen LogP contribution in [-0.2, 0) is 23.6 Å². The Labute approximate surface area is 156 Å². The quantitative estimate of drug-likeness (QED) is 0.324. The SMILES string of the molecule is CCNC(=NCc1ccn(C)c1)NCC(C)(C)NS(C)(=O)=O.I. The molecule has 0 saturated heterocycles. The summed E-state index contributed by atoms with van der Waals surface area (Å²) in [6.45, 7) is 7.36. The highest BCUT2D eigenvalue weighted by atomic mass is 127. The smallest absolute Gasteiger partial charge is 0.209 e. The van der Waals surface area contributed by atoms with Crippen LogP contribution in [0.25, 0.3) is 0 Å². The van der Waals surface area contributed by atoms with E-state index in [0.29, 0.717) is 19.0 Å². The molecule has 1 aromatic rings. The van der Waals surface area contributed by atoms with Crippen molar-refractivity contribution in [1.82, 2.24) is 19.9 Å². The van der Waals surface area contributed by atoms with Gasteiger partial charge in [-0.25, -0.2) is 18.1 Å².